The lowest BCUT2D eigenvalue weighted by atomic mass is 10.2. The first-order valence-corrected chi connectivity index (χ1v) is 7.35. The summed E-state index contributed by atoms with van der Waals surface area (Å²) in [6.45, 7) is 7.16. The lowest BCUT2D eigenvalue weighted by molar-refractivity contribution is 1.10. The fraction of sp³-hybridized carbons (Fsp3) is 0.333. The normalized spacial score (nSPS) is 10.6. The zero-order chi connectivity index (χ0) is 12.4. The van der Waals surface area contributed by atoms with E-state index in [1.807, 2.05) is 6.20 Å². The van der Waals surface area contributed by atoms with Crippen LogP contribution in [0.1, 0.15) is 16.7 Å². The van der Waals surface area contributed by atoms with Crippen LogP contribution in [0.5, 0.6) is 0 Å². The highest BCUT2D eigenvalue weighted by Crippen LogP contribution is 2.29. The molecule has 2 aromatic rings. The van der Waals surface area contributed by atoms with Crippen molar-refractivity contribution in [1.29, 1.82) is 0 Å². The summed E-state index contributed by atoms with van der Waals surface area (Å²) in [4.78, 5) is 11.6. The average molecular weight is 359 g/mol. The topological polar surface area (TPSA) is 37.8 Å². The maximum absolute atomic E-state index is 4.58. The number of anilines is 1. The molecule has 2 aromatic heterocycles. The van der Waals surface area contributed by atoms with Gasteiger partial charge in [-0.15, -0.1) is 11.3 Å². The molecule has 2 rings (SSSR count). The van der Waals surface area contributed by atoms with Crippen LogP contribution in [0.4, 0.5) is 5.82 Å². The molecule has 0 fully saturated rings. The number of aryl methyl sites for hydroxylation is 2. The third-order valence-electron chi connectivity index (χ3n) is 2.37. The van der Waals surface area contributed by atoms with Gasteiger partial charge in [0.05, 0.1) is 3.57 Å². The van der Waals surface area contributed by atoms with E-state index >= 15 is 0 Å². The Balaban J connectivity index is 2.46. The monoisotopic (exact) mass is 359 g/mol. The molecule has 2 heterocycles. The Bertz CT molecular complexity index is 537. The van der Waals surface area contributed by atoms with Gasteiger partial charge in [0.1, 0.15) is 5.82 Å². The Hall–Kier alpha value is -0.690. The second kappa shape index (κ2) is 5.30. The molecule has 0 spiro atoms. The Labute approximate surface area is 119 Å². The fourth-order valence-corrected chi connectivity index (χ4v) is 3.01. The molecular formula is C12H14IN3S. The Morgan fingerprint density at radius 3 is 2.76 bits per heavy atom. The minimum Gasteiger partial charge on any atom is -0.369 e. The highest BCUT2D eigenvalue weighted by molar-refractivity contribution is 14.1. The van der Waals surface area contributed by atoms with Crippen LogP contribution >= 0.6 is 33.9 Å². The molecule has 17 heavy (non-hydrogen) atoms. The van der Waals surface area contributed by atoms with E-state index in [-0.39, 0.29) is 0 Å². The van der Waals surface area contributed by atoms with E-state index in [1.165, 1.54) is 9.75 Å². The third-order valence-corrected chi connectivity index (χ3v) is 4.13. The molecule has 0 bridgehead atoms. The van der Waals surface area contributed by atoms with E-state index in [1.54, 1.807) is 11.3 Å². The van der Waals surface area contributed by atoms with E-state index in [0.717, 1.165) is 27.3 Å². The lowest BCUT2D eigenvalue weighted by Crippen LogP contribution is -2.03. The van der Waals surface area contributed by atoms with Gasteiger partial charge in [0.15, 0.2) is 5.82 Å². The molecule has 3 nitrogen and oxygen atoms in total. The van der Waals surface area contributed by atoms with Gasteiger partial charge in [-0.3, -0.25) is 0 Å². The molecule has 0 unspecified atom stereocenters. The van der Waals surface area contributed by atoms with Crippen molar-refractivity contribution < 1.29 is 0 Å². The van der Waals surface area contributed by atoms with Crippen LogP contribution < -0.4 is 5.32 Å². The first-order valence-electron chi connectivity index (χ1n) is 5.45. The number of thiophene rings is 1. The van der Waals surface area contributed by atoms with E-state index < -0.39 is 0 Å². The highest BCUT2D eigenvalue weighted by atomic mass is 127. The van der Waals surface area contributed by atoms with Crippen LogP contribution in [0, 0.1) is 17.4 Å². The van der Waals surface area contributed by atoms with Crippen LogP contribution in [0.3, 0.4) is 0 Å². The first kappa shape index (κ1) is 12.8. The van der Waals surface area contributed by atoms with Crippen molar-refractivity contribution in [2.24, 2.45) is 0 Å². The number of nitrogens with zero attached hydrogens (tertiary/aromatic N) is 2. The highest BCUT2D eigenvalue weighted by Gasteiger charge is 2.10. The van der Waals surface area contributed by atoms with Crippen molar-refractivity contribution in [3.63, 3.8) is 0 Å². The van der Waals surface area contributed by atoms with Crippen molar-refractivity contribution in [3.05, 3.63) is 25.6 Å². The molecule has 0 radical (unpaired) electrons. The van der Waals surface area contributed by atoms with Crippen LogP contribution in [-0.4, -0.2) is 16.5 Å². The molecule has 0 atom stereocenters. The molecule has 0 amide bonds. The zero-order valence-corrected chi connectivity index (χ0v) is 13.0. The summed E-state index contributed by atoms with van der Waals surface area (Å²) in [6.07, 6.45) is 1.87. The summed E-state index contributed by atoms with van der Waals surface area (Å²) in [5.41, 5.74) is 1.14. The number of aromatic nitrogens is 2. The van der Waals surface area contributed by atoms with Crippen molar-refractivity contribution in [1.82, 2.24) is 9.97 Å². The quantitative estimate of drug-likeness (QED) is 0.846. The second-order valence-electron chi connectivity index (χ2n) is 3.75. The van der Waals surface area contributed by atoms with Gasteiger partial charge in [-0.1, -0.05) is 0 Å². The molecule has 0 aliphatic carbocycles. The third kappa shape index (κ3) is 2.77. The van der Waals surface area contributed by atoms with Gasteiger partial charge in [0.25, 0.3) is 0 Å². The van der Waals surface area contributed by atoms with Gasteiger partial charge < -0.3 is 5.32 Å². The molecule has 1 N–H and O–H groups in total. The standard InChI is InChI=1S/C12H14IN3S/c1-4-14-12-10(13)6-15-11(16-12)9-5-7(2)17-8(9)3/h5-6H,4H2,1-3H3,(H,14,15,16). The Morgan fingerprint density at radius 1 is 1.41 bits per heavy atom. The van der Waals surface area contributed by atoms with Gasteiger partial charge >= 0.3 is 0 Å². The molecule has 0 saturated heterocycles. The van der Waals surface area contributed by atoms with Gasteiger partial charge in [-0.2, -0.15) is 0 Å². The van der Waals surface area contributed by atoms with Gasteiger partial charge in [0, 0.05) is 28.1 Å². The fourth-order valence-electron chi connectivity index (χ4n) is 1.64. The number of rotatable bonds is 3. The van der Waals surface area contributed by atoms with E-state index in [4.69, 9.17) is 0 Å². The maximum atomic E-state index is 4.58. The van der Waals surface area contributed by atoms with Gasteiger partial charge in [-0.25, -0.2) is 9.97 Å². The molecule has 0 aliphatic heterocycles. The van der Waals surface area contributed by atoms with Crippen molar-refractivity contribution in [2.75, 3.05) is 11.9 Å². The van der Waals surface area contributed by atoms with Crippen molar-refractivity contribution >= 4 is 39.7 Å². The lowest BCUT2D eigenvalue weighted by Gasteiger charge is -2.06. The first-order chi connectivity index (χ1) is 8.11. The van der Waals surface area contributed by atoms with Gasteiger partial charge in [-0.05, 0) is 49.4 Å². The predicted octanol–water partition coefficient (Wildman–Crippen LogP) is 3.86. The zero-order valence-electron chi connectivity index (χ0n) is 10.0. The van der Waals surface area contributed by atoms with Crippen LogP contribution in [-0.2, 0) is 0 Å². The number of hydrogen-bond acceptors (Lipinski definition) is 4. The number of hydrogen-bond donors (Lipinski definition) is 1. The number of halogens is 1. The minimum atomic E-state index is 0.809. The van der Waals surface area contributed by atoms with Crippen LogP contribution in [0.25, 0.3) is 11.4 Å². The Morgan fingerprint density at radius 2 is 2.18 bits per heavy atom. The smallest absolute Gasteiger partial charge is 0.162 e. The second-order valence-corrected chi connectivity index (χ2v) is 6.37. The van der Waals surface area contributed by atoms with Crippen LogP contribution in [0.15, 0.2) is 12.3 Å². The predicted molar refractivity (Wildman–Crippen MR) is 81.7 cm³/mol. The molecule has 0 saturated carbocycles. The molecule has 0 aliphatic rings. The van der Waals surface area contributed by atoms with Crippen LogP contribution in [0.2, 0.25) is 0 Å². The Kier molecular flexibility index (Phi) is 3.98. The van der Waals surface area contributed by atoms with E-state index in [0.29, 0.717) is 0 Å². The molecule has 0 aromatic carbocycles. The summed E-state index contributed by atoms with van der Waals surface area (Å²) >= 11 is 4.03. The molecular weight excluding hydrogens is 345 g/mol. The molecule has 5 heteroatoms. The van der Waals surface area contributed by atoms with Crippen molar-refractivity contribution in [2.45, 2.75) is 20.8 Å². The average Bonchev–Trinajstić information content (AvgIpc) is 2.61. The summed E-state index contributed by atoms with van der Waals surface area (Å²) < 4.78 is 1.05. The largest absolute Gasteiger partial charge is 0.369 e. The number of nitrogens with one attached hydrogen (secondary N) is 1. The summed E-state index contributed by atoms with van der Waals surface area (Å²) in [5.74, 6) is 1.73. The van der Waals surface area contributed by atoms with E-state index in [2.05, 4.69) is 64.7 Å². The van der Waals surface area contributed by atoms with Gasteiger partial charge in [0.2, 0.25) is 0 Å². The summed E-state index contributed by atoms with van der Waals surface area (Å²) in [6, 6.07) is 2.15. The SMILES string of the molecule is CCNc1nc(-c2cc(C)sc2C)ncc1I. The molecule has 90 valence electrons. The maximum Gasteiger partial charge on any atom is 0.162 e. The minimum absolute atomic E-state index is 0.809. The summed E-state index contributed by atoms with van der Waals surface area (Å²) in [7, 11) is 0. The van der Waals surface area contributed by atoms with E-state index in [9.17, 15) is 0 Å². The summed E-state index contributed by atoms with van der Waals surface area (Å²) in [5, 5.41) is 3.26. The van der Waals surface area contributed by atoms with Crippen molar-refractivity contribution in [3.8, 4) is 11.4 Å².